The number of hydrogen-bond acceptors (Lipinski definition) is 4. The van der Waals surface area contributed by atoms with Crippen LogP contribution in [0.1, 0.15) is 23.8 Å². The van der Waals surface area contributed by atoms with E-state index in [0.29, 0.717) is 0 Å². The maximum Gasteiger partial charge on any atom is 0.418 e. The molecule has 1 heterocycles. The predicted octanol–water partition coefficient (Wildman–Crippen LogP) is 4.79. The number of benzene rings is 1. The molecule has 0 saturated heterocycles. The van der Waals surface area contributed by atoms with Crippen LogP contribution < -0.4 is 5.32 Å². The minimum absolute atomic E-state index is 0.0924. The lowest BCUT2D eigenvalue weighted by Crippen LogP contribution is -2.09. The number of halogens is 5. The summed E-state index contributed by atoms with van der Waals surface area (Å²) in [7, 11) is 0. The second kappa shape index (κ2) is 5.49. The summed E-state index contributed by atoms with van der Waals surface area (Å²) in [5, 5.41) is 8.87. The van der Waals surface area contributed by atoms with Crippen molar-refractivity contribution in [3.63, 3.8) is 0 Å². The van der Waals surface area contributed by atoms with E-state index in [0.717, 1.165) is 6.07 Å². The van der Waals surface area contributed by atoms with Crippen molar-refractivity contribution >= 4 is 34.9 Å². The Hall–Kier alpha value is -1.47. The molecule has 0 saturated carbocycles. The summed E-state index contributed by atoms with van der Waals surface area (Å²) in [5.41, 5.74) is -1.28. The van der Waals surface area contributed by atoms with E-state index in [-0.39, 0.29) is 22.6 Å². The zero-order valence-corrected chi connectivity index (χ0v) is 11.5. The molecule has 0 fully saturated rings. The third kappa shape index (κ3) is 3.16. The average molecular weight is 326 g/mol. The highest BCUT2D eigenvalue weighted by molar-refractivity contribution is 6.33. The Morgan fingerprint density at radius 1 is 1.30 bits per heavy atom. The topological polar surface area (TPSA) is 51.0 Å². The lowest BCUT2D eigenvalue weighted by atomic mass is 10.1. The molecule has 2 rings (SSSR count). The third-order valence-corrected chi connectivity index (χ3v) is 2.83. The highest BCUT2D eigenvalue weighted by Crippen LogP contribution is 2.39. The maximum atomic E-state index is 12.9. The summed E-state index contributed by atoms with van der Waals surface area (Å²) >= 11 is 11.5. The van der Waals surface area contributed by atoms with Crippen molar-refractivity contribution in [2.45, 2.75) is 18.5 Å². The second-order valence-corrected chi connectivity index (χ2v) is 4.91. The van der Waals surface area contributed by atoms with Gasteiger partial charge in [-0.05, 0) is 19.1 Å². The Balaban J connectivity index is 2.37. The second-order valence-electron chi connectivity index (χ2n) is 3.85. The molecule has 1 unspecified atom stereocenters. The van der Waals surface area contributed by atoms with E-state index in [2.05, 4.69) is 15.5 Å². The first-order chi connectivity index (χ1) is 9.29. The Morgan fingerprint density at radius 3 is 2.55 bits per heavy atom. The van der Waals surface area contributed by atoms with Crippen molar-refractivity contribution in [3.05, 3.63) is 34.7 Å². The van der Waals surface area contributed by atoms with E-state index < -0.39 is 17.1 Å². The van der Waals surface area contributed by atoms with E-state index in [1.807, 2.05) is 0 Å². The molecular weight excluding hydrogens is 318 g/mol. The molecule has 0 spiro atoms. The lowest BCUT2D eigenvalue weighted by Gasteiger charge is -2.13. The first-order valence-electron chi connectivity index (χ1n) is 5.39. The van der Waals surface area contributed by atoms with Crippen LogP contribution in [-0.4, -0.2) is 10.2 Å². The molecule has 0 bridgehead atoms. The smallest absolute Gasteiger partial charge is 0.406 e. The first kappa shape index (κ1) is 14.9. The Labute approximate surface area is 121 Å². The van der Waals surface area contributed by atoms with E-state index in [1.54, 1.807) is 6.92 Å². The van der Waals surface area contributed by atoms with Gasteiger partial charge in [-0.1, -0.05) is 22.8 Å². The molecule has 108 valence electrons. The standard InChI is InChI=1S/C11H8Cl2F3N3O/c1-5(12)9-18-19-10(20-9)17-8-6(11(14,15)16)3-2-4-7(8)13/h2-5H,1H3,(H,17,19). The number of para-hydroxylation sites is 1. The van der Waals surface area contributed by atoms with Crippen LogP contribution in [0, 0.1) is 0 Å². The van der Waals surface area contributed by atoms with Crippen molar-refractivity contribution in [3.8, 4) is 0 Å². The van der Waals surface area contributed by atoms with Gasteiger partial charge < -0.3 is 9.73 Å². The third-order valence-electron chi connectivity index (χ3n) is 2.33. The number of anilines is 2. The van der Waals surface area contributed by atoms with E-state index >= 15 is 0 Å². The van der Waals surface area contributed by atoms with Gasteiger partial charge in [-0.2, -0.15) is 13.2 Å². The number of nitrogens with zero attached hydrogens (tertiary/aromatic N) is 2. The molecule has 20 heavy (non-hydrogen) atoms. The minimum Gasteiger partial charge on any atom is -0.406 e. The maximum absolute atomic E-state index is 12.9. The van der Waals surface area contributed by atoms with Crippen LogP contribution in [0.25, 0.3) is 0 Å². The molecular formula is C11H8Cl2F3N3O. The van der Waals surface area contributed by atoms with Crippen molar-refractivity contribution < 1.29 is 17.6 Å². The zero-order valence-electron chi connectivity index (χ0n) is 10.0. The van der Waals surface area contributed by atoms with Gasteiger partial charge in [0.2, 0.25) is 5.89 Å². The van der Waals surface area contributed by atoms with E-state index in [1.165, 1.54) is 12.1 Å². The van der Waals surface area contributed by atoms with Crippen LogP contribution in [0.5, 0.6) is 0 Å². The fourth-order valence-corrected chi connectivity index (χ4v) is 1.75. The van der Waals surface area contributed by atoms with Gasteiger partial charge in [0.25, 0.3) is 0 Å². The highest BCUT2D eigenvalue weighted by atomic mass is 35.5. The van der Waals surface area contributed by atoms with Crippen molar-refractivity contribution in [1.82, 2.24) is 10.2 Å². The summed E-state index contributed by atoms with van der Waals surface area (Å²) in [5.74, 6) is 0.0924. The number of hydrogen-bond donors (Lipinski definition) is 1. The van der Waals surface area contributed by atoms with Gasteiger partial charge in [-0.3, -0.25) is 0 Å². The van der Waals surface area contributed by atoms with Crippen LogP contribution in [0.2, 0.25) is 5.02 Å². The fourth-order valence-electron chi connectivity index (χ4n) is 1.44. The summed E-state index contributed by atoms with van der Waals surface area (Å²) in [6.07, 6.45) is -4.56. The summed E-state index contributed by atoms with van der Waals surface area (Å²) in [6.45, 7) is 1.59. The van der Waals surface area contributed by atoms with Gasteiger partial charge in [0.15, 0.2) is 0 Å². The van der Waals surface area contributed by atoms with Crippen LogP contribution >= 0.6 is 23.2 Å². The summed E-state index contributed by atoms with van der Waals surface area (Å²) in [4.78, 5) is 0. The molecule has 4 nitrogen and oxygen atoms in total. The van der Waals surface area contributed by atoms with Crippen LogP contribution in [0.4, 0.5) is 24.9 Å². The molecule has 0 aliphatic heterocycles. The Kier molecular flexibility index (Phi) is 4.10. The molecule has 1 N–H and O–H groups in total. The number of alkyl halides is 4. The molecule has 9 heteroatoms. The Bertz CT molecular complexity index is 613. The van der Waals surface area contributed by atoms with Gasteiger partial charge in [-0.25, -0.2) is 0 Å². The van der Waals surface area contributed by atoms with Crippen LogP contribution in [0.15, 0.2) is 22.6 Å². The number of nitrogens with one attached hydrogen (secondary N) is 1. The van der Waals surface area contributed by atoms with Crippen LogP contribution in [-0.2, 0) is 6.18 Å². The molecule has 1 atom stereocenters. The van der Waals surface area contributed by atoms with Gasteiger partial charge in [0.1, 0.15) is 5.38 Å². The Morgan fingerprint density at radius 2 is 2.00 bits per heavy atom. The molecule has 0 aliphatic rings. The number of rotatable bonds is 3. The normalized spacial score (nSPS) is 13.3. The predicted molar refractivity (Wildman–Crippen MR) is 68.3 cm³/mol. The minimum atomic E-state index is -4.56. The number of aromatic nitrogens is 2. The van der Waals surface area contributed by atoms with Crippen LogP contribution in [0.3, 0.4) is 0 Å². The quantitative estimate of drug-likeness (QED) is 0.824. The largest absolute Gasteiger partial charge is 0.418 e. The van der Waals surface area contributed by atoms with Crippen molar-refractivity contribution in [1.29, 1.82) is 0 Å². The molecule has 2 aromatic rings. The van der Waals surface area contributed by atoms with Crippen molar-refractivity contribution in [2.24, 2.45) is 0 Å². The van der Waals surface area contributed by atoms with Gasteiger partial charge in [0.05, 0.1) is 16.3 Å². The monoisotopic (exact) mass is 325 g/mol. The fraction of sp³-hybridized carbons (Fsp3) is 0.273. The summed E-state index contributed by atoms with van der Waals surface area (Å²) < 4.78 is 43.7. The van der Waals surface area contributed by atoms with E-state index in [4.69, 9.17) is 27.6 Å². The average Bonchev–Trinajstić information content (AvgIpc) is 2.79. The highest BCUT2D eigenvalue weighted by Gasteiger charge is 2.34. The summed E-state index contributed by atoms with van der Waals surface area (Å²) in [6, 6.07) is 3.21. The van der Waals surface area contributed by atoms with E-state index in [9.17, 15) is 13.2 Å². The van der Waals surface area contributed by atoms with Gasteiger partial charge in [0, 0.05) is 0 Å². The molecule has 0 radical (unpaired) electrons. The van der Waals surface area contributed by atoms with Crippen molar-refractivity contribution in [2.75, 3.05) is 5.32 Å². The molecule has 0 amide bonds. The van der Waals surface area contributed by atoms with Gasteiger partial charge in [-0.15, -0.1) is 16.7 Å². The zero-order chi connectivity index (χ0) is 14.9. The SMILES string of the molecule is CC(Cl)c1nnc(Nc2c(Cl)cccc2C(F)(F)F)o1. The molecule has 0 aliphatic carbocycles. The van der Waals surface area contributed by atoms with Gasteiger partial charge >= 0.3 is 12.2 Å². The molecule has 1 aromatic carbocycles. The molecule has 1 aromatic heterocycles. The first-order valence-corrected chi connectivity index (χ1v) is 6.20. The lowest BCUT2D eigenvalue weighted by molar-refractivity contribution is -0.136.